The van der Waals surface area contributed by atoms with Crippen molar-refractivity contribution in [1.82, 2.24) is 5.43 Å². The Hall–Kier alpha value is -0.570. The molecule has 18 heavy (non-hydrogen) atoms. The highest BCUT2D eigenvalue weighted by Gasteiger charge is 2.66. The van der Waals surface area contributed by atoms with E-state index >= 15 is 0 Å². The first-order chi connectivity index (χ1) is 8.81. The molecule has 3 fully saturated rings. The molecule has 3 aliphatic carbocycles. The molecule has 4 rings (SSSR count). The van der Waals surface area contributed by atoms with Crippen LogP contribution in [0.15, 0.2) is 24.3 Å². The van der Waals surface area contributed by atoms with E-state index in [1.807, 2.05) is 12.1 Å². The lowest BCUT2D eigenvalue weighted by Gasteiger charge is -2.21. The molecule has 0 heterocycles. The molecular formula is C15H19ClN2. The molecule has 5 unspecified atom stereocenters. The highest BCUT2D eigenvalue weighted by Crippen LogP contribution is 2.72. The summed E-state index contributed by atoms with van der Waals surface area (Å²) >= 11 is 6.32. The van der Waals surface area contributed by atoms with Gasteiger partial charge in [0, 0.05) is 5.02 Å². The normalized spacial score (nSPS) is 41.8. The maximum absolute atomic E-state index is 6.32. The van der Waals surface area contributed by atoms with Gasteiger partial charge < -0.3 is 0 Å². The summed E-state index contributed by atoms with van der Waals surface area (Å²) < 4.78 is 0. The molecule has 3 aliphatic rings. The highest BCUT2D eigenvalue weighted by atomic mass is 35.5. The molecule has 0 spiro atoms. The lowest BCUT2D eigenvalue weighted by atomic mass is 9.93. The van der Waals surface area contributed by atoms with Gasteiger partial charge in [0.15, 0.2) is 0 Å². The van der Waals surface area contributed by atoms with Gasteiger partial charge >= 0.3 is 0 Å². The van der Waals surface area contributed by atoms with Crippen LogP contribution in [0.3, 0.4) is 0 Å². The van der Waals surface area contributed by atoms with Crippen LogP contribution in [0.5, 0.6) is 0 Å². The quantitative estimate of drug-likeness (QED) is 0.649. The maximum atomic E-state index is 6.32. The van der Waals surface area contributed by atoms with Crippen molar-refractivity contribution in [3.8, 4) is 0 Å². The molecule has 2 bridgehead atoms. The fraction of sp³-hybridized carbons (Fsp3) is 0.600. The predicted molar refractivity (Wildman–Crippen MR) is 72.8 cm³/mol. The van der Waals surface area contributed by atoms with Crippen LogP contribution in [0.4, 0.5) is 0 Å². The standard InChI is InChI=1S/C15H19ClN2/c16-11-4-2-1-3-10(11)15(18-17)14-12-8-5-6-9(7-8)13(12)14/h1-4,8-9,12-15,18H,5-7,17H2. The van der Waals surface area contributed by atoms with Crippen LogP contribution >= 0.6 is 11.6 Å². The number of nitrogens with two attached hydrogens (primary N) is 1. The lowest BCUT2D eigenvalue weighted by molar-refractivity contribution is 0.374. The molecule has 0 aliphatic heterocycles. The number of nitrogens with one attached hydrogen (secondary N) is 1. The van der Waals surface area contributed by atoms with Gasteiger partial charge in [0.05, 0.1) is 6.04 Å². The smallest absolute Gasteiger partial charge is 0.0508 e. The molecule has 3 heteroatoms. The van der Waals surface area contributed by atoms with Crippen molar-refractivity contribution in [3.63, 3.8) is 0 Å². The maximum Gasteiger partial charge on any atom is 0.0508 e. The van der Waals surface area contributed by atoms with E-state index in [2.05, 4.69) is 17.6 Å². The summed E-state index contributed by atoms with van der Waals surface area (Å²) in [5, 5.41) is 0.845. The van der Waals surface area contributed by atoms with Crippen molar-refractivity contribution in [3.05, 3.63) is 34.9 Å². The van der Waals surface area contributed by atoms with Gasteiger partial charge in [0.1, 0.15) is 0 Å². The molecule has 96 valence electrons. The molecule has 0 saturated heterocycles. The third-order valence-electron chi connectivity index (χ3n) is 5.60. The summed E-state index contributed by atoms with van der Waals surface area (Å²) in [5.41, 5.74) is 4.22. The molecule has 0 radical (unpaired) electrons. The highest BCUT2D eigenvalue weighted by molar-refractivity contribution is 6.31. The van der Waals surface area contributed by atoms with Gasteiger partial charge in [-0.1, -0.05) is 29.8 Å². The number of rotatable bonds is 3. The topological polar surface area (TPSA) is 38.0 Å². The Morgan fingerprint density at radius 3 is 2.44 bits per heavy atom. The van der Waals surface area contributed by atoms with Crippen molar-refractivity contribution >= 4 is 11.6 Å². The van der Waals surface area contributed by atoms with Crippen LogP contribution in [0.25, 0.3) is 0 Å². The van der Waals surface area contributed by atoms with Crippen LogP contribution < -0.4 is 11.3 Å². The van der Waals surface area contributed by atoms with Crippen molar-refractivity contribution in [2.75, 3.05) is 0 Å². The number of hydrazine groups is 1. The Morgan fingerprint density at radius 2 is 1.83 bits per heavy atom. The van der Waals surface area contributed by atoms with E-state index in [1.54, 1.807) is 0 Å². The van der Waals surface area contributed by atoms with Gasteiger partial charge in [0.25, 0.3) is 0 Å². The third kappa shape index (κ3) is 1.43. The van der Waals surface area contributed by atoms with Crippen LogP contribution in [0, 0.1) is 29.6 Å². The summed E-state index contributed by atoms with van der Waals surface area (Å²) in [6.07, 6.45) is 4.37. The van der Waals surface area contributed by atoms with Crippen LogP contribution in [0.1, 0.15) is 30.9 Å². The van der Waals surface area contributed by atoms with Gasteiger partial charge in [-0.2, -0.15) is 0 Å². The Balaban J connectivity index is 1.63. The summed E-state index contributed by atoms with van der Waals surface area (Å²) in [6, 6.07) is 8.36. The summed E-state index contributed by atoms with van der Waals surface area (Å²) in [5.74, 6) is 10.3. The number of halogens is 1. The van der Waals surface area contributed by atoms with Gasteiger partial charge in [-0.15, -0.1) is 0 Å². The summed E-state index contributed by atoms with van der Waals surface area (Å²) in [7, 11) is 0. The van der Waals surface area contributed by atoms with Crippen molar-refractivity contribution < 1.29 is 0 Å². The van der Waals surface area contributed by atoms with Crippen molar-refractivity contribution in [2.24, 2.45) is 35.4 Å². The second kappa shape index (κ2) is 3.96. The lowest BCUT2D eigenvalue weighted by Crippen LogP contribution is -2.31. The van der Waals surface area contributed by atoms with Crippen molar-refractivity contribution in [2.45, 2.75) is 25.3 Å². The Kier molecular flexibility index (Phi) is 2.48. The Labute approximate surface area is 113 Å². The van der Waals surface area contributed by atoms with Gasteiger partial charge in [0.2, 0.25) is 0 Å². The predicted octanol–water partition coefficient (Wildman–Crippen LogP) is 3.14. The van der Waals surface area contributed by atoms with Crippen LogP contribution in [0.2, 0.25) is 5.02 Å². The molecule has 1 aromatic rings. The average Bonchev–Trinajstić information content (AvgIpc) is 2.81. The Bertz CT molecular complexity index is 459. The molecule has 0 amide bonds. The number of hydrogen-bond acceptors (Lipinski definition) is 2. The zero-order valence-electron chi connectivity index (χ0n) is 10.4. The van der Waals surface area contributed by atoms with Gasteiger partial charge in [-0.25, -0.2) is 0 Å². The van der Waals surface area contributed by atoms with E-state index in [1.165, 1.54) is 24.8 Å². The first-order valence-electron chi connectivity index (χ1n) is 7.02. The fourth-order valence-electron chi connectivity index (χ4n) is 4.97. The van der Waals surface area contributed by atoms with E-state index in [4.69, 9.17) is 17.4 Å². The zero-order valence-corrected chi connectivity index (χ0v) is 11.1. The van der Waals surface area contributed by atoms with Crippen molar-refractivity contribution in [1.29, 1.82) is 0 Å². The minimum absolute atomic E-state index is 0.247. The monoisotopic (exact) mass is 262 g/mol. The summed E-state index contributed by atoms with van der Waals surface area (Å²) in [4.78, 5) is 0. The van der Waals surface area contributed by atoms with Crippen LogP contribution in [-0.2, 0) is 0 Å². The zero-order chi connectivity index (χ0) is 12.3. The van der Waals surface area contributed by atoms with E-state index < -0.39 is 0 Å². The van der Waals surface area contributed by atoms with Crippen LogP contribution in [-0.4, -0.2) is 0 Å². The molecule has 5 atom stereocenters. The minimum Gasteiger partial charge on any atom is -0.271 e. The van der Waals surface area contributed by atoms with E-state index in [9.17, 15) is 0 Å². The van der Waals surface area contributed by atoms with Gasteiger partial charge in [-0.05, 0) is 60.5 Å². The fourth-order valence-corrected chi connectivity index (χ4v) is 5.23. The Morgan fingerprint density at radius 1 is 1.17 bits per heavy atom. The van der Waals surface area contributed by atoms with E-state index in [-0.39, 0.29) is 6.04 Å². The minimum atomic E-state index is 0.247. The molecule has 3 N–H and O–H groups in total. The summed E-state index contributed by atoms with van der Waals surface area (Å²) in [6.45, 7) is 0. The van der Waals surface area contributed by atoms with E-state index in [0.717, 1.165) is 34.6 Å². The first-order valence-corrected chi connectivity index (χ1v) is 7.39. The number of fused-ring (bicyclic) bond motifs is 5. The number of benzene rings is 1. The molecule has 2 nitrogen and oxygen atoms in total. The SMILES string of the molecule is NNC(c1ccccc1Cl)C1C2C3CCC(C3)C21. The first kappa shape index (κ1) is 11.3. The molecule has 0 aromatic heterocycles. The molecule has 3 saturated carbocycles. The molecule has 1 aromatic carbocycles. The average molecular weight is 263 g/mol. The third-order valence-corrected chi connectivity index (χ3v) is 5.94. The second-order valence-corrected chi connectivity index (χ2v) is 6.64. The molecular weight excluding hydrogens is 244 g/mol. The number of hydrogen-bond donors (Lipinski definition) is 2. The second-order valence-electron chi connectivity index (χ2n) is 6.23. The van der Waals surface area contributed by atoms with Gasteiger partial charge in [-0.3, -0.25) is 11.3 Å². The largest absolute Gasteiger partial charge is 0.271 e. The van der Waals surface area contributed by atoms with E-state index in [0.29, 0.717) is 0 Å².